The van der Waals surface area contributed by atoms with Gasteiger partial charge in [0.25, 0.3) is 0 Å². The molecule has 1 saturated heterocycles. The first-order valence-electron chi connectivity index (χ1n) is 14.0. The van der Waals surface area contributed by atoms with Gasteiger partial charge in [-0.3, -0.25) is 4.79 Å². The second kappa shape index (κ2) is 7.05. The lowest BCUT2D eigenvalue weighted by Gasteiger charge is -2.65. The molecule has 0 radical (unpaired) electrons. The van der Waals surface area contributed by atoms with E-state index < -0.39 is 28.5 Å². The number of allylic oxidation sites excluding steroid dienone is 2. The highest BCUT2D eigenvalue weighted by molar-refractivity contribution is 5.97. The highest BCUT2D eigenvalue weighted by atomic mass is 16.8. The summed E-state index contributed by atoms with van der Waals surface area (Å²) in [4.78, 5) is 17.0. The first-order valence-corrected chi connectivity index (χ1v) is 14.0. The summed E-state index contributed by atoms with van der Waals surface area (Å²) in [6.45, 7) is 12.8. The minimum absolute atomic E-state index is 0.0836. The van der Waals surface area contributed by atoms with Crippen molar-refractivity contribution in [1.29, 1.82) is 0 Å². The Morgan fingerprint density at radius 3 is 2.70 bits per heavy atom. The summed E-state index contributed by atoms with van der Waals surface area (Å²) in [5.41, 5.74) is 4.58. The van der Waals surface area contributed by atoms with Crippen molar-refractivity contribution in [2.24, 2.45) is 11.3 Å². The van der Waals surface area contributed by atoms with Gasteiger partial charge in [-0.15, -0.1) is 0 Å². The van der Waals surface area contributed by atoms with E-state index in [9.17, 15) is 9.90 Å². The molecule has 5 nitrogen and oxygen atoms in total. The second-order valence-electron chi connectivity index (χ2n) is 13.6. The Balaban J connectivity index is 1.36. The van der Waals surface area contributed by atoms with Crippen LogP contribution in [0, 0.1) is 11.3 Å². The largest absolute Gasteiger partial charge is 0.385 e. The van der Waals surface area contributed by atoms with Gasteiger partial charge < -0.3 is 19.6 Å². The number of aromatic nitrogens is 1. The van der Waals surface area contributed by atoms with E-state index in [2.05, 4.69) is 57.0 Å². The molecule has 3 aliphatic carbocycles. The predicted molar refractivity (Wildman–Crippen MR) is 143 cm³/mol. The summed E-state index contributed by atoms with van der Waals surface area (Å²) < 4.78 is 12.9. The van der Waals surface area contributed by atoms with Crippen LogP contribution in [0.5, 0.6) is 0 Å². The van der Waals surface area contributed by atoms with Crippen molar-refractivity contribution >= 4 is 16.7 Å². The van der Waals surface area contributed by atoms with Gasteiger partial charge in [-0.25, -0.2) is 0 Å². The van der Waals surface area contributed by atoms with Crippen LogP contribution in [0.3, 0.4) is 0 Å². The van der Waals surface area contributed by atoms with Crippen LogP contribution >= 0.6 is 0 Å². The van der Waals surface area contributed by atoms with Crippen molar-refractivity contribution < 1.29 is 19.4 Å². The van der Waals surface area contributed by atoms with Crippen LogP contribution in [-0.2, 0) is 32.5 Å². The van der Waals surface area contributed by atoms with E-state index in [1.54, 1.807) is 6.08 Å². The highest BCUT2D eigenvalue weighted by Crippen LogP contribution is 2.71. The maximum Gasteiger partial charge on any atom is 0.195 e. The summed E-state index contributed by atoms with van der Waals surface area (Å²) in [5.74, 6) is -0.644. The van der Waals surface area contributed by atoms with Crippen molar-refractivity contribution in [3.63, 3.8) is 0 Å². The molecule has 6 atom stereocenters. The van der Waals surface area contributed by atoms with Gasteiger partial charge in [0.05, 0.1) is 5.60 Å². The van der Waals surface area contributed by atoms with E-state index in [0.717, 1.165) is 25.7 Å². The Hall–Kier alpha value is -2.21. The van der Waals surface area contributed by atoms with Crippen LogP contribution in [0.25, 0.3) is 10.9 Å². The van der Waals surface area contributed by atoms with Crippen LogP contribution in [0.2, 0.25) is 0 Å². The number of hydrogen-bond donors (Lipinski definition) is 2. The number of carbonyl (C=O) groups is 1. The molecular formula is C32H39NO4. The highest BCUT2D eigenvalue weighted by Gasteiger charge is 2.75. The van der Waals surface area contributed by atoms with Gasteiger partial charge in [-0.05, 0) is 95.1 Å². The van der Waals surface area contributed by atoms with Gasteiger partial charge in [0.2, 0.25) is 0 Å². The van der Waals surface area contributed by atoms with E-state index in [1.165, 1.54) is 33.3 Å². The van der Waals surface area contributed by atoms with Crippen LogP contribution in [0.4, 0.5) is 0 Å². The summed E-state index contributed by atoms with van der Waals surface area (Å²) in [6, 6.07) is 6.81. The molecule has 2 N–H and O–H groups in total. The van der Waals surface area contributed by atoms with Crippen LogP contribution in [0.15, 0.2) is 41.5 Å². The third-order valence-corrected chi connectivity index (χ3v) is 11.1. The Kier molecular flexibility index (Phi) is 4.55. The third kappa shape index (κ3) is 2.73. The van der Waals surface area contributed by atoms with Crippen molar-refractivity contribution in [2.45, 2.75) is 109 Å². The number of benzene rings is 1. The number of aromatic amines is 1. The van der Waals surface area contributed by atoms with Gasteiger partial charge in [0.1, 0.15) is 5.60 Å². The quantitative estimate of drug-likeness (QED) is 0.508. The number of rotatable bonds is 2. The molecule has 2 aromatic rings. The van der Waals surface area contributed by atoms with Gasteiger partial charge in [0, 0.05) is 39.4 Å². The molecule has 0 amide bonds. The molecule has 1 aromatic carbocycles. The van der Waals surface area contributed by atoms with E-state index >= 15 is 0 Å². The molecular weight excluding hydrogens is 462 g/mol. The predicted octanol–water partition coefficient (Wildman–Crippen LogP) is 5.83. The molecule has 2 bridgehead atoms. The topological polar surface area (TPSA) is 71.5 Å². The van der Waals surface area contributed by atoms with Crippen molar-refractivity contribution in [2.75, 3.05) is 0 Å². The fourth-order valence-electron chi connectivity index (χ4n) is 8.93. The lowest BCUT2D eigenvalue weighted by Crippen LogP contribution is -2.69. The second-order valence-corrected chi connectivity index (χ2v) is 13.6. The van der Waals surface area contributed by atoms with Crippen LogP contribution < -0.4 is 0 Å². The molecule has 2 aliphatic heterocycles. The smallest absolute Gasteiger partial charge is 0.195 e. The van der Waals surface area contributed by atoms with Gasteiger partial charge >= 0.3 is 0 Å². The molecule has 1 aromatic heterocycles. The number of hydrogen-bond acceptors (Lipinski definition) is 4. The summed E-state index contributed by atoms with van der Waals surface area (Å²) in [7, 11) is 0. The Morgan fingerprint density at radius 1 is 1.16 bits per heavy atom. The third-order valence-electron chi connectivity index (χ3n) is 11.1. The maximum absolute atomic E-state index is 13.2. The lowest BCUT2D eigenvalue weighted by atomic mass is 9.42. The fourth-order valence-corrected chi connectivity index (χ4v) is 8.93. The normalized spacial score (nSPS) is 41.1. The van der Waals surface area contributed by atoms with Gasteiger partial charge in [-0.2, -0.15) is 0 Å². The fraction of sp³-hybridized carbons (Fsp3) is 0.594. The molecule has 3 heterocycles. The Morgan fingerprint density at radius 2 is 1.95 bits per heavy atom. The van der Waals surface area contributed by atoms with Gasteiger partial charge in [0.15, 0.2) is 17.7 Å². The van der Waals surface area contributed by atoms with E-state index in [-0.39, 0.29) is 11.2 Å². The summed E-state index contributed by atoms with van der Waals surface area (Å²) >= 11 is 0. The molecule has 2 unspecified atom stereocenters. The molecule has 2 saturated carbocycles. The van der Waals surface area contributed by atoms with E-state index in [0.29, 0.717) is 24.3 Å². The Labute approximate surface area is 219 Å². The van der Waals surface area contributed by atoms with E-state index in [4.69, 9.17) is 9.47 Å². The minimum Gasteiger partial charge on any atom is -0.385 e. The van der Waals surface area contributed by atoms with Crippen LogP contribution in [-0.4, -0.2) is 39.0 Å². The molecule has 3 fully saturated rings. The van der Waals surface area contributed by atoms with Crippen LogP contribution in [0.1, 0.15) is 84.0 Å². The number of nitrogens with one attached hydrogen (secondary N) is 1. The van der Waals surface area contributed by atoms with Crippen molar-refractivity contribution in [3.8, 4) is 0 Å². The lowest BCUT2D eigenvalue weighted by molar-refractivity contribution is -0.247. The first kappa shape index (κ1) is 23.9. The molecule has 7 rings (SSSR count). The summed E-state index contributed by atoms with van der Waals surface area (Å²) in [6.07, 6.45) is 8.28. The zero-order valence-electron chi connectivity index (χ0n) is 23.0. The van der Waals surface area contributed by atoms with Crippen molar-refractivity contribution in [3.05, 3.63) is 58.3 Å². The van der Waals surface area contributed by atoms with E-state index in [1.807, 2.05) is 13.8 Å². The average molecular weight is 502 g/mol. The molecule has 1 spiro atoms. The molecule has 5 heteroatoms. The Bertz CT molecular complexity index is 1430. The first-order chi connectivity index (χ1) is 17.3. The molecule has 196 valence electrons. The minimum atomic E-state index is -1.18. The standard InChI is InChI=1S/C32H39NO4/c1-18(2)7-8-19-9-10-23-21(15-19)22-16-20-11-12-31(35)25-17-24(34)27-28(3,4)37-32(25,36-27)14-13-29(31,5)30(20,6)26(22)33-23/h7,9-10,15,17,20,27,33,35H,8,11-14,16H2,1-6H3/t20-,27?,29+,30+,31+,32?/m0/s1. The number of H-pyrrole nitrogens is 1. The maximum atomic E-state index is 13.2. The number of aliphatic hydroxyl groups is 1. The number of fused-ring (bicyclic) bond motifs is 9. The number of carbonyl (C=O) groups excluding carboxylic acids is 1. The molecule has 5 aliphatic rings. The van der Waals surface area contributed by atoms with Crippen molar-refractivity contribution in [1.82, 2.24) is 4.98 Å². The summed E-state index contributed by atoms with van der Waals surface area (Å²) in [5, 5.41) is 14.0. The zero-order valence-corrected chi connectivity index (χ0v) is 23.0. The number of ether oxygens (including phenoxy) is 2. The molecule has 37 heavy (non-hydrogen) atoms. The monoisotopic (exact) mass is 501 g/mol. The number of ketones is 1. The zero-order chi connectivity index (χ0) is 26.2. The average Bonchev–Trinajstić information content (AvgIpc) is 3.42. The SMILES string of the molecule is CC(C)=CCc1ccc2[nH]c3c(c2c1)C[C@@H]1CC[C@@]2(O)C4=CC(=O)C5OC4(CC[C@]2(C)[C@@]31C)OC5(C)C. The van der Waals surface area contributed by atoms with Gasteiger partial charge in [-0.1, -0.05) is 31.6 Å².